The van der Waals surface area contributed by atoms with Crippen molar-refractivity contribution in [3.63, 3.8) is 0 Å². The van der Waals surface area contributed by atoms with Crippen LogP contribution in [-0.2, 0) is 22.2 Å². The number of nitrogens with zero attached hydrogens (tertiary/aromatic N) is 2. The molecule has 7 heteroatoms. The highest BCUT2D eigenvalue weighted by molar-refractivity contribution is 7.88. The molecule has 0 unspecified atom stereocenters. The molecule has 0 aromatic heterocycles. The summed E-state index contributed by atoms with van der Waals surface area (Å²) in [5, 5.41) is 0.549. The van der Waals surface area contributed by atoms with Gasteiger partial charge in [0, 0.05) is 43.4 Å². The van der Waals surface area contributed by atoms with Gasteiger partial charge in [-0.1, -0.05) is 35.9 Å². The van der Waals surface area contributed by atoms with Crippen LogP contribution in [0.2, 0.25) is 5.02 Å². The first-order valence-electron chi connectivity index (χ1n) is 9.65. The van der Waals surface area contributed by atoms with Crippen LogP contribution >= 0.6 is 11.6 Å². The molecule has 0 radical (unpaired) electrons. The first-order chi connectivity index (χ1) is 13.4. The summed E-state index contributed by atoms with van der Waals surface area (Å²) in [6.07, 6.45) is 1.62. The summed E-state index contributed by atoms with van der Waals surface area (Å²) in [5.74, 6) is -0.0483. The fourth-order valence-electron chi connectivity index (χ4n) is 3.36. The van der Waals surface area contributed by atoms with E-state index in [-0.39, 0.29) is 5.75 Å². The van der Waals surface area contributed by atoms with Crippen molar-refractivity contribution in [2.75, 3.05) is 44.7 Å². The Morgan fingerprint density at radius 3 is 2.39 bits per heavy atom. The molecule has 3 rings (SSSR count). The van der Waals surface area contributed by atoms with Crippen molar-refractivity contribution in [3.8, 4) is 0 Å². The SMILES string of the molecule is CN1CCN(c2ccc(CCCNS(=O)(=O)Cc3cccc(Cl)c3)cc2)CC1. The average Bonchev–Trinajstić information content (AvgIpc) is 2.66. The van der Waals surface area contributed by atoms with Gasteiger partial charge < -0.3 is 9.80 Å². The number of sulfonamides is 1. The van der Waals surface area contributed by atoms with Gasteiger partial charge in [-0.05, 0) is 55.3 Å². The van der Waals surface area contributed by atoms with Crippen LogP contribution in [-0.4, -0.2) is 53.1 Å². The number of hydrogen-bond donors (Lipinski definition) is 1. The van der Waals surface area contributed by atoms with E-state index < -0.39 is 10.0 Å². The largest absolute Gasteiger partial charge is 0.369 e. The van der Waals surface area contributed by atoms with E-state index in [4.69, 9.17) is 11.6 Å². The van der Waals surface area contributed by atoms with Gasteiger partial charge in [-0.2, -0.15) is 0 Å². The Balaban J connectivity index is 1.42. The van der Waals surface area contributed by atoms with Crippen molar-refractivity contribution >= 4 is 27.3 Å². The second-order valence-corrected chi connectivity index (χ2v) is 9.59. The number of piperazine rings is 1. The van der Waals surface area contributed by atoms with Gasteiger partial charge in [0.2, 0.25) is 10.0 Å². The molecule has 1 aliphatic heterocycles. The standard InChI is InChI=1S/C21H28ClN3O2S/c1-24-12-14-25(15-13-24)21-9-7-18(8-10-21)5-3-11-23-28(26,27)17-19-4-2-6-20(22)16-19/h2,4,6-10,16,23H,3,5,11-15,17H2,1H3. The lowest BCUT2D eigenvalue weighted by atomic mass is 10.1. The van der Waals surface area contributed by atoms with Crippen LogP contribution in [0.3, 0.4) is 0 Å². The maximum Gasteiger partial charge on any atom is 0.215 e. The van der Waals surface area contributed by atoms with Gasteiger partial charge in [-0.15, -0.1) is 0 Å². The molecule has 28 heavy (non-hydrogen) atoms. The molecular formula is C21H28ClN3O2S. The van der Waals surface area contributed by atoms with Gasteiger partial charge in [0.15, 0.2) is 0 Å². The number of aryl methyl sites for hydroxylation is 1. The third-order valence-corrected chi connectivity index (χ3v) is 6.61. The van der Waals surface area contributed by atoms with Crippen molar-refractivity contribution in [3.05, 3.63) is 64.7 Å². The second kappa shape index (κ2) is 9.74. The lowest BCUT2D eigenvalue weighted by molar-refractivity contribution is 0.313. The summed E-state index contributed by atoms with van der Waals surface area (Å²) in [6, 6.07) is 15.6. The number of benzene rings is 2. The van der Waals surface area contributed by atoms with Gasteiger partial charge in [0.1, 0.15) is 0 Å². The zero-order valence-electron chi connectivity index (χ0n) is 16.3. The number of nitrogens with one attached hydrogen (secondary N) is 1. The maximum absolute atomic E-state index is 12.2. The molecule has 152 valence electrons. The number of anilines is 1. The fourth-order valence-corrected chi connectivity index (χ4v) is 4.74. The first kappa shape index (κ1) is 21.1. The zero-order chi connectivity index (χ0) is 20.0. The summed E-state index contributed by atoms with van der Waals surface area (Å²) in [6.45, 7) is 4.74. The quantitative estimate of drug-likeness (QED) is 0.665. The normalized spacial score (nSPS) is 15.7. The Morgan fingerprint density at radius 1 is 1.00 bits per heavy atom. The van der Waals surface area contributed by atoms with Crippen molar-refractivity contribution in [2.24, 2.45) is 0 Å². The molecular weight excluding hydrogens is 394 g/mol. The summed E-state index contributed by atoms with van der Waals surface area (Å²) in [7, 11) is -1.19. The molecule has 0 atom stereocenters. The Morgan fingerprint density at radius 2 is 1.71 bits per heavy atom. The smallest absolute Gasteiger partial charge is 0.215 e. The Bertz CT molecular complexity index is 863. The van der Waals surface area contributed by atoms with E-state index in [1.807, 2.05) is 0 Å². The van der Waals surface area contributed by atoms with E-state index in [0.29, 0.717) is 17.1 Å². The Labute approximate surface area is 173 Å². The highest BCUT2D eigenvalue weighted by atomic mass is 35.5. The van der Waals surface area contributed by atoms with E-state index in [0.717, 1.165) is 39.0 Å². The summed E-state index contributed by atoms with van der Waals surface area (Å²) in [4.78, 5) is 4.76. The van der Waals surface area contributed by atoms with E-state index >= 15 is 0 Å². The van der Waals surface area contributed by atoms with E-state index in [2.05, 4.69) is 45.8 Å². The Hall–Kier alpha value is -1.60. The molecule has 5 nitrogen and oxygen atoms in total. The minimum atomic E-state index is -3.35. The van der Waals surface area contributed by atoms with Crippen LogP contribution in [0, 0.1) is 0 Å². The van der Waals surface area contributed by atoms with Crippen LogP contribution in [0.15, 0.2) is 48.5 Å². The van der Waals surface area contributed by atoms with E-state index in [1.54, 1.807) is 24.3 Å². The van der Waals surface area contributed by atoms with Crippen molar-refractivity contribution in [1.82, 2.24) is 9.62 Å². The third kappa shape index (κ3) is 6.48. The predicted molar refractivity (Wildman–Crippen MR) is 117 cm³/mol. The maximum atomic E-state index is 12.2. The van der Waals surface area contributed by atoms with Crippen molar-refractivity contribution in [1.29, 1.82) is 0 Å². The molecule has 1 N–H and O–H groups in total. The van der Waals surface area contributed by atoms with Gasteiger partial charge >= 0.3 is 0 Å². The van der Waals surface area contributed by atoms with Crippen molar-refractivity contribution < 1.29 is 8.42 Å². The Kier molecular flexibility index (Phi) is 7.35. The molecule has 1 fully saturated rings. The molecule has 0 saturated carbocycles. The molecule has 2 aromatic carbocycles. The summed E-state index contributed by atoms with van der Waals surface area (Å²) < 4.78 is 27.1. The van der Waals surface area contributed by atoms with E-state index in [1.165, 1.54) is 11.3 Å². The molecule has 1 aliphatic rings. The number of hydrogen-bond acceptors (Lipinski definition) is 4. The van der Waals surface area contributed by atoms with Gasteiger partial charge in [-0.3, -0.25) is 0 Å². The van der Waals surface area contributed by atoms with Gasteiger partial charge in [-0.25, -0.2) is 13.1 Å². The average molecular weight is 422 g/mol. The minimum absolute atomic E-state index is 0.0483. The monoisotopic (exact) mass is 421 g/mol. The third-order valence-electron chi connectivity index (χ3n) is 5.01. The molecule has 0 amide bonds. The van der Waals surface area contributed by atoms with Crippen LogP contribution in [0.5, 0.6) is 0 Å². The summed E-state index contributed by atoms with van der Waals surface area (Å²) >= 11 is 5.92. The van der Waals surface area contributed by atoms with Crippen LogP contribution < -0.4 is 9.62 Å². The zero-order valence-corrected chi connectivity index (χ0v) is 17.8. The number of likely N-dealkylation sites (N-methyl/N-ethyl adjacent to an activating group) is 1. The number of halogens is 1. The topological polar surface area (TPSA) is 52.6 Å². The highest BCUT2D eigenvalue weighted by Gasteiger charge is 2.14. The molecule has 0 spiro atoms. The highest BCUT2D eigenvalue weighted by Crippen LogP contribution is 2.18. The van der Waals surface area contributed by atoms with Crippen LogP contribution in [0.4, 0.5) is 5.69 Å². The van der Waals surface area contributed by atoms with Crippen LogP contribution in [0.25, 0.3) is 0 Å². The van der Waals surface area contributed by atoms with Crippen molar-refractivity contribution in [2.45, 2.75) is 18.6 Å². The lowest BCUT2D eigenvalue weighted by Crippen LogP contribution is -2.44. The predicted octanol–water partition coefficient (Wildman–Crippen LogP) is 3.14. The number of rotatable bonds is 8. The second-order valence-electron chi connectivity index (χ2n) is 7.34. The molecule has 2 aromatic rings. The molecule has 1 heterocycles. The first-order valence-corrected chi connectivity index (χ1v) is 11.7. The van der Waals surface area contributed by atoms with E-state index in [9.17, 15) is 8.42 Å². The minimum Gasteiger partial charge on any atom is -0.369 e. The summed E-state index contributed by atoms with van der Waals surface area (Å²) in [5.41, 5.74) is 3.19. The fraction of sp³-hybridized carbons (Fsp3) is 0.429. The van der Waals surface area contributed by atoms with Gasteiger partial charge in [0.05, 0.1) is 5.75 Å². The lowest BCUT2D eigenvalue weighted by Gasteiger charge is -2.34. The molecule has 0 aliphatic carbocycles. The van der Waals surface area contributed by atoms with Crippen LogP contribution in [0.1, 0.15) is 17.5 Å². The molecule has 1 saturated heterocycles. The molecule has 0 bridgehead atoms. The van der Waals surface area contributed by atoms with Gasteiger partial charge in [0.25, 0.3) is 0 Å².